The van der Waals surface area contributed by atoms with Gasteiger partial charge in [-0.1, -0.05) is 36.9 Å². The molecule has 1 aliphatic heterocycles. The summed E-state index contributed by atoms with van der Waals surface area (Å²) in [5.74, 6) is -0.237. The van der Waals surface area contributed by atoms with Crippen LogP contribution in [-0.4, -0.2) is 42.8 Å². The van der Waals surface area contributed by atoms with Crippen LogP contribution in [0.1, 0.15) is 49.7 Å². The Morgan fingerprint density at radius 3 is 2.36 bits per heavy atom. The van der Waals surface area contributed by atoms with E-state index in [-0.39, 0.29) is 42.1 Å². The van der Waals surface area contributed by atoms with Gasteiger partial charge in [-0.25, -0.2) is 8.42 Å². The molecule has 1 saturated heterocycles. The van der Waals surface area contributed by atoms with E-state index in [2.05, 4.69) is 0 Å². The lowest BCUT2D eigenvalue weighted by atomic mass is 10.0. The van der Waals surface area contributed by atoms with Crippen LogP contribution in [0, 0.1) is 0 Å². The summed E-state index contributed by atoms with van der Waals surface area (Å²) in [6.45, 7) is 0.373. The van der Waals surface area contributed by atoms with Gasteiger partial charge in [0.15, 0.2) is 9.84 Å². The third kappa shape index (κ3) is 4.64. The van der Waals surface area contributed by atoms with Gasteiger partial charge in [0.2, 0.25) is 5.91 Å². The fraction of sp³-hybridized carbons (Fsp3) is 0.632. The van der Waals surface area contributed by atoms with Crippen LogP contribution >= 0.6 is 11.6 Å². The van der Waals surface area contributed by atoms with Crippen molar-refractivity contribution in [1.82, 2.24) is 4.90 Å². The zero-order valence-electron chi connectivity index (χ0n) is 15.3. The smallest absolute Gasteiger partial charge is 0.340 e. The lowest BCUT2D eigenvalue weighted by Gasteiger charge is -2.41. The number of halogens is 4. The molecule has 1 aromatic rings. The summed E-state index contributed by atoms with van der Waals surface area (Å²) < 4.78 is 64.0. The number of carbonyl (C=O) groups excluding carboxylic acids is 1. The fourth-order valence-electron chi connectivity index (χ4n) is 3.87. The first-order valence-electron chi connectivity index (χ1n) is 9.45. The van der Waals surface area contributed by atoms with Gasteiger partial charge in [-0.2, -0.15) is 13.2 Å². The van der Waals surface area contributed by atoms with Gasteiger partial charge < -0.3 is 4.90 Å². The molecule has 4 nitrogen and oxygen atoms in total. The van der Waals surface area contributed by atoms with Crippen LogP contribution in [0.25, 0.3) is 0 Å². The number of rotatable bonds is 5. The quantitative estimate of drug-likeness (QED) is 0.692. The van der Waals surface area contributed by atoms with E-state index in [1.807, 2.05) is 0 Å². The third-order valence-electron chi connectivity index (χ3n) is 5.65. The molecule has 0 aromatic heterocycles. The number of amides is 1. The summed E-state index contributed by atoms with van der Waals surface area (Å²) in [6.07, 6.45) is -0.0294. The van der Waals surface area contributed by atoms with Crippen molar-refractivity contribution in [1.29, 1.82) is 0 Å². The molecule has 0 atom stereocenters. The van der Waals surface area contributed by atoms with E-state index in [9.17, 15) is 26.4 Å². The largest absolute Gasteiger partial charge is 0.417 e. The van der Waals surface area contributed by atoms with Gasteiger partial charge in [0.1, 0.15) is 0 Å². The molecule has 9 heteroatoms. The minimum atomic E-state index is -4.55. The molecule has 1 amide bonds. The topological polar surface area (TPSA) is 54.5 Å². The first-order valence-corrected chi connectivity index (χ1v) is 11.4. The molecule has 0 unspecified atom stereocenters. The number of carbonyl (C=O) groups is 1. The Kier molecular flexibility index (Phi) is 6.29. The van der Waals surface area contributed by atoms with Gasteiger partial charge in [-0.3, -0.25) is 4.79 Å². The minimum absolute atomic E-state index is 0.0368. The molecular weight excluding hydrogens is 415 g/mol. The van der Waals surface area contributed by atoms with E-state index < -0.39 is 26.8 Å². The van der Waals surface area contributed by atoms with E-state index in [1.165, 1.54) is 17.0 Å². The fourth-order valence-corrected chi connectivity index (χ4v) is 6.40. The van der Waals surface area contributed by atoms with Crippen LogP contribution in [0.4, 0.5) is 13.2 Å². The zero-order valence-corrected chi connectivity index (χ0v) is 16.9. The molecule has 0 N–H and O–H groups in total. The Balaban J connectivity index is 1.52. The number of aryl methyl sites for hydroxylation is 1. The molecule has 156 valence electrons. The number of likely N-dealkylation sites (tertiary alicyclic amines) is 1. The predicted octanol–water partition coefficient (Wildman–Crippen LogP) is 4.25. The molecule has 0 spiro atoms. The number of hydrogen-bond donors (Lipinski definition) is 0. The van der Waals surface area contributed by atoms with E-state index in [4.69, 9.17) is 11.6 Å². The van der Waals surface area contributed by atoms with E-state index >= 15 is 0 Å². The van der Waals surface area contributed by atoms with E-state index in [1.54, 1.807) is 0 Å². The number of benzene rings is 1. The van der Waals surface area contributed by atoms with Crippen molar-refractivity contribution in [2.24, 2.45) is 0 Å². The van der Waals surface area contributed by atoms with Gasteiger partial charge in [0, 0.05) is 19.5 Å². The Hall–Kier alpha value is -1.28. The molecule has 2 aliphatic rings. The molecular formula is C19H23ClF3NO3S. The third-order valence-corrected chi connectivity index (χ3v) is 8.60. The summed E-state index contributed by atoms with van der Waals surface area (Å²) in [5, 5.41) is -1.17. The monoisotopic (exact) mass is 437 g/mol. The maximum absolute atomic E-state index is 12.9. The number of nitrogens with zero attached hydrogens (tertiary/aromatic N) is 1. The van der Waals surface area contributed by atoms with Crippen LogP contribution in [-0.2, 0) is 27.2 Å². The molecule has 28 heavy (non-hydrogen) atoms. The maximum Gasteiger partial charge on any atom is 0.417 e. The van der Waals surface area contributed by atoms with Gasteiger partial charge in [-0.15, -0.1) is 0 Å². The molecule has 0 bridgehead atoms. The molecule has 3 rings (SSSR count). The van der Waals surface area contributed by atoms with Crippen molar-refractivity contribution < 1.29 is 26.4 Å². The second kappa shape index (κ2) is 8.22. The lowest BCUT2D eigenvalue weighted by Crippen LogP contribution is -2.58. The van der Waals surface area contributed by atoms with Gasteiger partial charge in [-0.05, 0) is 37.0 Å². The molecule has 1 aromatic carbocycles. The standard InChI is InChI=1S/C19H23ClF3NO3S/c20-17-8-6-13(10-16(17)19(21,22)23)7-9-18(25)24-11-15(12-24)28(26,27)14-4-2-1-3-5-14/h6,8,10,14-15H,1-5,7,9,11-12H2. The van der Waals surface area contributed by atoms with Crippen molar-refractivity contribution in [3.8, 4) is 0 Å². The zero-order chi connectivity index (χ0) is 20.5. The van der Waals surface area contributed by atoms with Crippen LogP contribution in [0.15, 0.2) is 18.2 Å². The van der Waals surface area contributed by atoms with Crippen molar-refractivity contribution >= 4 is 27.3 Å². The highest BCUT2D eigenvalue weighted by Gasteiger charge is 2.43. The van der Waals surface area contributed by atoms with Gasteiger partial charge >= 0.3 is 6.18 Å². The summed E-state index contributed by atoms with van der Waals surface area (Å²) in [7, 11) is -3.22. The van der Waals surface area contributed by atoms with Gasteiger partial charge in [0.25, 0.3) is 0 Å². The molecule has 1 heterocycles. The van der Waals surface area contributed by atoms with Gasteiger partial charge in [0.05, 0.1) is 21.1 Å². The number of hydrogen-bond acceptors (Lipinski definition) is 3. The maximum atomic E-state index is 12.9. The van der Waals surface area contributed by atoms with Crippen LogP contribution in [0.5, 0.6) is 0 Å². The molecule has 1 aliphatic carbocycles. The molecule has 0 radical (unpaired) electrons. The highest BCUT2D eigenvalue weighted by molar-refractivity contribution is 7.92. The normalized spacial score (nSPS) is 19.5. The van der Waals surface area contributed by atoms with E-state index in [0.717, 1.165) is 25.3 Å². The summed E-state index contributed by atoms with van der Waals surface area (Å²) in [4.78, 5) is 13.8. The Labute approximate surface area is 168 Å². The average Bonchev–Trinajstić information content (AvgIpc) is 2.59. The SMILES string of the molecule is O=C(CCc1ccc(Cl)c(C(F)(F)F)c1)N1CC(S(=O)(=O)C2CCCCC2)C1. The second-order valence-electron chi connectivity index (χ2n) is 7.58. The van der Waals surface area contributed by atoms with Crippen molar-refractivity contribution in [2.45, 2.75) is 61.6 Å². The number of alkyl halides is 3. The van der Waals surface area contributed by atoms with Crippen LogP contribution in [0.2, 0.25) is 5.02 Å². The summed E-state index contributed by atoms with van der Waals surface area (Å²) in [6, 6.07) is 3.61. The van der Waals surface area contributed by atoms with Crippen molar-refractivity contribution in [3.05, 3.63) is 34.3 Å². The summed E-state index contributed by atoms with van der Waals surface area (Å²) >= 11 is 5.60. The Morgan fingerprint density at radius 2 is 1.75 bits per heavy atom. The summed E-state index contributed by atoms with van der Waals surface area (Å²) in [5.41, 5.74) is -0.543. The Morgan fingerprint density at radius 1 is 1.11 bits per heavy atom. The highest BCUT2D eigenvalue weighted by Crippen LogP contribution is 2.35. The second-order valence-corrected chi connectivity index (χ2v) is 10.5. The lowest BCUT2D eigenvalue weighted by molar-refractivity contribution is -0.137. The number of sulfone groups is 1. The predicted molar refractivity (Wildman–Crippen MR) is 101 cm³/mol. The Bertz CT molecular complexity index is 829. The minimum Gasteiger partial charge on any atom is -0.340 e. The van der Waals surface area contributed by atoms with Crippen molar-refractivity contribution in [2.75, 3.05) is 13.1 Å². The average molecular weight is 438 g/mol. The molecule has 2 fully saturated rings. The molecule has 1 saturated carbocycles. The van der Waals surface area contributed by atoms with E-state index in [0.29, 0.717) is 18.4 Å². The van der Waals surface area contributed by atoms with Crippen LogP contribution in [0.3, 0.4) is 0 Å². The first-order chi connectivity index (χ1) is 13.1. The highest BCUT2D eigenvalue weighted by atomic mass is 35.5. The first kappa shape index (κ1) is 21.4. The van der Waals surface area contributed by atoms with Crippen molar-refractivity contribution in [3.63, 3.8) is 0 Å². The van der Waals surface area contributed by atoms with Crippen LogP contribution < -0.4 is 0 Å².